The molecule has 83 heavy (non-hydrogen) atoms. The Kier molecular flexibility index (Phi) is 71.7. The zero-order valence-corrected chi connectivity index (χ0v) is 56.0. The maximum atomic E-state index is 12.4. The molecule has 0 aliphatic rings. The summed E-state index contributed by atoms with van der Waals surface area (Å²) in [6, 6.07) is 0. The van der Waals surface area contributed by atoms with E-state index in [4.69, 9.17) is 9.47 Å². The average molecular weight is 1160 g/mol. The van der Waals surface area contributed by atoms with Gasteiger partial charge in [0.15, 0.2) is 6.10 Å². The maximum absolute atomic E-state index is 12.4. The highest BCUT2D eigenvalue weighted by atomic mass is 16.6. The largest absolute Gasteiger partial charge is 0.462 e. The molecule has 0 heterocycles. The first kappa shape index (κ1) is 80.6. The third kappa shape index (κ3) is 72.0. The number of esters is 2. The first-order valence-electron chi connectivity index (χ1n) is 37.3. The van der Waals surface area contributed by atoms with Gasteiger partial charge in [-0.05, 0) is 57.8 Å². The highest BCUT2D eigenvalue weighted by molar-refractivity contribution is 5.70. The number of carbonyl (C=O) groups excluding carboxylic acids is 2. The van der Waals surface area contributed by atoms with E-state index >= 15 is 0 Å². The van der Waals surface area contributed by atoms with Crippen molar-refractivity contribution in [2.24, 2.45) is 0 Å². The summed E-state index contributed by atoms with van der Waals surface area (Å²) >= 11 is 0. The summed E-state index contributed by atoms with van der Waals surface area (Å²) in [4.78, 5) is 24.7. The molecule has 1 unspecified atom stereocenters. The molecule has 0 aliphatic heterocycles. The van der Waals surface area contributed by atoms with Crippen molar-refractivity contribution < 1.29 is 24.2 Å². The van der Waals surface area contributed by atoms with Gasteiger partial charge in [-0.15, -0.1) is 0 Å². The van der Waals surface area contributed by atoms with Crippen molar-refractivity contribution in [3.05, 3.63) is 60.8 Å². The number of carbonyl (C=O) groups is 2. The van der Waals surface area contributed by atoms with E-state index in [1.165, 1.54) is 315 Å². The lowest BCUT2D eigenvalue weighted by Gasteiger charge is -2.15. The number of unbranched alkanes of at least 4 members (excludes halogenated alkanes) is 52. The Labute approximate surface area is 519 Å². The molecular weight excluding hydrogens is 1020 g/mol. The molecule has 0 saturated carbocycles. The quantitative estimate of drug-likeness (QED) is 0.0373. The minimum Gasteiger partial charge on any atom is -0.462 e. The van der Waals surface area contributed by atoms with E-state index in [1.54, 1.807) is 0 Å². The lowest BCUT2D eigenvalue weighted by Crippen LogP contribution is -2.28. The monoisotopic (exact) mass is 1160 g/mol. The van der Waals surface area contributed by atoms with Gasteiger partial charge < -0.3 is 14.6 Å². The van der Waals surface area contributed by atoms with E-state index in [0.717, 1.165) is 64.2 Å². The van der Waals surface area contributed by atoms with Crippen LogP contribution in [0.1, 0.15) is 406 Å². The Morgan fingerprint density at radius 1 is 0.289 bits per heavy atom. The van der Waals surface area contributed by atoms with Crippen LogP contribution in [0.3, 0.4) is 0 Å². The van der Waals surface area contributed by atoms with Crippen LogP contribution in [-0.4, -0.2) is 36.4 Å². The van der Waals surface area contributed by atoms with Crippen molar-refractivity contribution >= 4 is 11.9 Å². The number of hydrogen-bond acceptors (Lipinski definition) is 5. The molecule has 1 atom stereocenters. The standard InChI is InChI=1S/C78H144O5/c1-3-5-7-9-11-13-15-17-19-21-23-25-27-29-31-33-34-35-36-37-38-39-40-41-42-43-44-45-47-49-51-53-55-57-59-61-63-65-67-69-71-73-78(81)83-76(74-79)75-82-77(80)72-70-68-66-64-62-60-58-56-54-52-50-48-46-32-30-28-26-24-22-20-18-16-14-12-10-8-6-4-2/h5,7,11,13,17,19,23,25,29,31,76,79H,3-4,6,8-10,12,14-16,18,20-22,24,26-28,30,32-75H2,1-2H3/b7-5-,13-11-,19-17-,25-23-,31-29-. The molecule has 0 aromatic carbocycles. The first-order valence-corrected chi connectivity index (χ1v) is 37.3. The van der Waals surface area contributed by atoms with Crippen LogP contribution in [0.2, 0.25) is 0 Å². The topological polar surface area (TPSA) is 72.8 Å². The molecule has 0 fully saturated rings. The lowest BCUT2D eigenvalue weighted by atomic mass is 10.0. The summed E-state index contributed by atoms with van der Waals surface area (Å²) in [6.07, 6.45) is 101. The molecule has 0 bridgehead atoms. The zero-order chi connectivity index (χ0) is 59.8. The van der Waals surface area contributed by atoms with Gasteiger partial charge in [0.05, 0.1) is 6.61 Å². The van der Waals surface area contributed by atoms with Crippen molar-refractivity contribution in [3.8, 4) is 0 Å². The Morgan fingerprint density at radius 3 is 0.783 bits per heavy atom. The molecular formula is C78H144O5. The van der Waals surface area contributed by atoms with Crippen LogP contribution in [0, 0.1) is 0 Å². The highest BCUT2D eigenvalue weighted by Crippen LogP contribution is 2.20. The molecule has 0 amide bonds. The molecule has 1 N–H and O–H groups in total. The molecule has 486 valence electrons. The number of aliphatic hydroxyl groups excluding tert-OH is 1. The van der Waals surface area contributed by atoms with Crippen LogP contribution < -0.4 is 0 Å². The molecule has 0 aromatic rings. The molecule has 0 rings (SSSR count). The lowest BCUT2D eigenvalue weighted by molar-refractivity contribution is -0.161. The van der Waals surface area contributed by atoms with Gasteiger partial charge in [-0.2, -0.15) is 0 Å². The second kappa shape index (κ2) is 73.9. The van der Waals surface area contributed by atoms with E-state index in [9.17, 15) is 14.7 Å². The van der Waals surface area contributed by atoms with Crippen LogP contribution in [0.25, 0.3) is 0 Å². The predicted octanol–water partition coefficient (Wildman–Crippen LogP) is 26.1. The summed E-state index contributed by atoms with van der Waals surface area (Å²) in [5.74, 6) is -0.564. The van der Waals surface area contributed by atoms with Crippen LogP contribution in [-0.2, 0) is 19.1 Å². The molecule has 0 aliphatic carbocycles. The minimum atomic E-state index is -0.770. The first-order chi connectivity index (χ1) is 41.1. The SMILES string of the molecule is CC/C=C\C/C=C\C/C=C\C/C=C\C/C=C\CCCCCCCCCCCCCCCCCCCCCCCCCCCC(=O)OC(CO)COC(=O)CCCCCCCCCCCCCCCCCCCCCCCCCCCCCC. The van der Waals surface area contributed by atoms with Crippen LogP contribution >= 0.6 is 0 Å². The van der Waals surface area contributed by atoms with Gasteiger partial charge in [-0.3, -0.25) is 9.59 Å². The zero-order valence-electron chi connectivity index (χ0n) is 56.0. The molecule has 0 radical (unpaired) electrons. The van der Waals surface area contributed by atoms with Crippen LogP contribution in [0.15, 0.2) is 60.8 Å². The summed E-state index contributed by atoms with van der Waals surface area (Å²) in [7, 11) is 0. The van der Waals surface area contributed by atoms with Gasteiger partial charge in [-0.25, -0.2) is 0 Å². The third-order valence-corrected chi connectivity index (χ3v) is 17.1. The summed E-state index contributed by atoms with van der Waals surface area (Å²) in [6.45, 7) is 4.09. The van der Waals surface area contributed by atoms with Crippen molar-refractivity contribution in [1.82, 2.24) is 0 Å². The Bertz CT molecular complexity index is 1410. The minimum absolute atomic E-state index is 0.0587. The van der Waals surface area contributed by atoms with Gasteiger partial charge >= 0.3 is 11.9 Å². The van der Waals surface area contributed by atoms with Crippen molar-refractivity contribution in [3.63, 3.8) is 0 Å². The molecule has 5 nitrogen and oxygen atoms in total. The number of aliphatic hydroxyl groups is 1. The van der Waals surface area contributed by atoms with E-state index in [0.29, 0.717) is 12.8 Å². The fourth-order valence-corrected chi connectivity index (χ4v) is 11.5. The Balaban J connectivity index is 3.37. The van der Waals surface area contributed by atoms with Gasteiger partial charge in [-0.1, -0.05) is 396 Å². The third-order valence-electron chi connectivity index (χ3n) is 17.1. The second-order valence-electron chi connectivity index (χ2n) is 25.4. The van der Waals surface area contributed by atoms with E-state index in [-0.39, 0.29) is 25.2 Å². The second-order valence-corrected chi connectivity index (χ2v) is 25.4. The smallest absolute Gasteiger partial charge is 0.306 e. The predicted molar refractivity (Wildman–Crippen MR) is 367 cm³/mol. The number of ether oxygens (including phenoxy) is 2. The molecule has 0 saturated heterocycles. The van der Waals surface area contributed by atoms with Gasteiger partial charge in [0.25, 0.3) is 0 Å². The van der Waals surface area contributed by atoms with Crippen molar-refractivity contribution in [2.45, 2.75) is 412 Å². The molecule has 5 heteroatoms. The van der Waals surface area contributed by atoms with Crippen LogP contribution in [0.4, 0.5) is 0 Å². The normalized spacial score (nSPS) is 12.5. The number of allylic oxidation sites excluding steroid dienone is 10. The average Bonchev–Trinajstić information content (AvgIpc) is 3.49. The Hall–Kier alpha value is -2.40. The van der Waals surface area contributed by atoms with Gasteiger partial charge in [0, 0.05) is 12.8 Å². The van der Waals surface area contributed by atoms with Crippen LogP contribution in [0.5, 0.6) is 0 Å². The maximum Gasteiger partial charge on any atom is 0.306 e. The van der Waals surface area contributed by atoms with E-state index in [2.05, 4.69) is 74.6 Å². The van der Waals surface area contributed by atoms with Crippen molar-refractivity contribution in [1.29, 1.82) is 0 Å². The van der Waals surface area contributed by atoms with Gasteiger partial charge in [0.1, 0.15) is 6.61 Å². The van der Waals surface area contributed by atoms with Gasteiger partial charge in [0.2, 0.25) is 0 Å². The van der Waals surface area contributed by atoms with E-state index < -0.39 is 6.10 Å². The fraction of sp³-hybridized carbons (Fsp3) is 0.846. The fourth-order valence-electron chi connectivity index (χ4n) is 11.5. The summed E-state index contributed by atoms with van der Waals surface area (Å²) < 4.78 is 10.8. The molecule has 0 spiro atoms. The Morgan fingerprint density at radius 2 is 0.518 bits per heavy atom. The molecule has 0 aromatic heterocycles. The highest BCUT2D eigenvalue weighted by Gasteiger charge is 2.16. The number of rotatable bonds is 70. The number of hydrogen-bond donors (Lipinski definition) is 1. The summed E-state index contributed by atoms with van der Waals surface area (Å²) in [5.41, 5.74) is 0. The van der Waals surface area contributed by atoms with E-state index in [1.807, 2.05) is 0 Å². The van der Waals surface area contributed by atoms with Crippen molar-refractivity contribution in [2.75, 3.05) is 13.2 Å². The summed E-state index contributed by atoms with van der Waals surface area (Å²) in [5, 5.41) is 9.71.